The van der Waals surface area contributed by atoms with Crippen molar-refractivity contribution < 1.29 is 24.2 Å². The molecule has 4 aliphatic rings. The van der Waals surface area contributed by atoms with Crippen molar-refractivity contribution in [3.8, 4) is 0 Å². The fourth-order valence-electron chi connectivity index (χ4n) is 7.43. The zero-order chi connectivity index (χ0) is 29.4. The highest BCUT2D eigenvalue weighted by atomic mass is 16.5. The van der Waals surface area contributed by atoms with Crippen LogP contribution in [0.3, 0.4) is 0 Å². The molecule has 42 heavy (non-hydrogen) atoms. The lowest BCUT2D eigenvalue weighted by molar-refractivity contribution is -0.151. The summed E-state index contributed by atoms with van der Waals surface area (Å²) >= 11 is 0. The van der Waals surface area contributed by atoms with Gasteiger partial charge in [0.05, 0.1) is 30.6 Å². The lowest BCUT2D eigenvalue weighted by Crippen LogP contribution is -2.59. The first kappa shape index (κ1) is 28.4. The molecule has 0 saturated carbocycles. The topological polar surface area (TPSA) is 90.4 Å². The van der Waals surface area contributed by atoms with E-state index in [2.05, 4.69) is 6.92 Å². The average molecular weight is 570 g/mol. The molecule has 4 aliphatic heterocycles. The maximum atomic E-state index is 14.7. The third-order valence-corrected chi connectivity index (χ3v) is 9.35. The van der Waals surface area contributed by atoms with E-state index in [9.17, 15) is 19.5 Å². The van der Waals surface area contributed by atoms with Crippen LogP contribution in [-0.4, -0.2) is 82.2 Å². The lowest BCUT2D eigenvalue weighted by atomic mass is 9.77. The quantitative estimate of drug-likeness (QED) is 0.493. The average Bonchev–Trinajstić information content (AvgIpc) is 3.32. The van der Waals surface area contributed by atoms with Crippen LogP contribution in [0.4, 0.5) is 5.69 Å². The minimum absolute atomic E-state index is 0.0398. The van der Waals surface area contributed by atoms with E-state index in [0.29, 0.717) is 19.5 Å². The molecule has 1 N–H and O–H groups in total. The molecule has 2 aromatic carbocycles. The van der Waals surface area contributed by atoms with Crippen LogP contribution in [0.2, 0.25) is 0 Å². The monoisotopic (exact) mass is 569 g/mol. The van der Waals surface area contributed by atoms with E-state index in [1.54, 1.807) is 9.80 Å². The molecule has 4 heterocycles. The summed E-state index contributed by atoms with van der Waals surface area (Å²) in [4.78, 5) is 48.7. The van der Waals surface area contributed by atoms with E-state index in [-0.39, 0.29) is 30.4 Å². The second-order valence-corrected chi connectivity index (χ2v) is 11.9. The summed E-state index contributed by atoms with van der Waals surface area (Å²) < 4.78 is 6.79. The Morgan fingerprint density at radius 1 is 0.952 bits per heavy atom. The van der Waals surface area contributed by atoms with Crippen molar-refractivity contribution >= 4 is 23.4 Å². The number of para-hydroxylation sites is 1. The van der Waals surface area contributed by atoms with E-state index in [1.807, 2.05) is 96.8 Å². The number of rotatable bonds is 8. The molecule has 8 heteroatoms. The second-order valence-electron chi connectivity index (χ2n) is 11.9. The summed E-state index contributed by atoms with van der Waals surface area (Å²) in [7, 11) is 0. The molecule has 0 aliphatic carbocycles. The van der Waals surface area contributed by atoms with Gasteiger partial charge in [0.25, 0.3) is 0 Å². The molecule has 0 aromatic heterocycles. The summed E-state index contributed by atoms with van der Waals surface area (Å²) in [6.45, 7) is 4.56. The zero-order valence-corrected chi connectivity index (χ0v) is 24.2. The molecular formula is C34H39N3O5. The molecule has 7 atom stereocenters. The van der Waals surface area contributed by atoms with Gasteiger partial charge in [-0.1, -0.05) is 86.2 Å². The summed E-state index contributed by atoms with van der Waals surface area (Å²) in [5.74, 6) is -2.42. The Balaban J connectivity index is 1.45. The molecule has 0 radical (unpaired) electrons. The van der Waals surface area contributed by atoms with Crippen LogP contribution in [0.25, 0.3) is 0 Å². The van der Waals surface area contributed by atoms with Crippen LogP contribution in [0.15, 0.2) is 85.0 Å². The van der Waals surface area contributed by atoms with Gasteiger partial charge in [-0.15, -0.1) is 0 Å². The van der Waals surface area contributed by atoms with Gasteiger partial charge in [0.2, 0.25) is 17.7 Å². The Bertz CT molecular complexity index is 1380. The van der Waals surface area contributed by atoms with Crippen molar-refractivity contribution in [2.24, 2.45) is 11.8 Å². The van der Waals surface area contributed by atoms with Gasteiger partial charge in [0, 0.05) is 24.8 Å². The predicted molar refractivity (Wildman–Crippen MR) is 159 cm³/mol. The van der Waals surface area contributed by atoms with Crippen molar-refractivity contribution in [2.45, 2.75) is 62.9 Å². The highest BCUT2D eigenvalue weighted by molar-refractivity contribution is 6.04. The molecule has 3 amide bonds. The Morgan fingerprint density at radius 2 is 1.67 bits per heavy atom. The van der Waals surface area contributed by atoms with Gasteiger partial charge < -0.3 is 24.5 Å². The second kappa shape index (κ2) is 11.5. The number of hydrogen-bond donors (Lipinski definition) is 1. The van der Waals surface area contributed by atoms with E-state index >= 15 is 0 Å². The van der Waals surface area contributed by atoms with Gasteiger partial charge in [-0.3, -0.25) is 14.4 Å². The van der Waals surface area contributed by atoms with Crippen molar-refractivity contribution in [1.29, 1.82) is 0 Å². The van der Waals surface area contributed by atoms with Crippen LogP contribution in [0, 0.1) is 11.8 Å². The van der Waals surface area contributed by atoms with Gasteiger partial charge in [0.15, 0.2) is 0 Å². The Kier molecular flexibility index (Phi) is 7.77. The smallest absolute Gasteiger partial charge is 0.249 e. The predicted octanol–water partition coefficient (Wildman–Crippen LogP) is 3.36. The third kappa shape index (κ3) is 4.57. The van der Waals surface area contributed by atoms with E-state index < -0.39 is 35.6 Å². The summed E-state index contributed by atoms with van der Waals surface area (Å²) in [6.07, 6.45) is 9.05. The van der Waals surface area contributed by atoms with Crippen LogP contribution >= 0.6 is 0 Å². The maximum absolute atomic E-state index is 14.7. The van der Waals surface area contributed by atoms with Gasteiger partial charge >= 0.3 is 0 Å². The first-order valence-electron chi connectivity index (χ1n) is 15.1. The molecule has 8 nitrogen and oxygen atoms in total. The molecule has 1 spiro atoms. The number of likely N-dealkylation sites (tertiary alicyclic amines) is 1. The number of aliphatic hydroxyl groups excluding tert-OH is 1. The van der Waals surface area contributed by atoms with Crippen LogP contribution in [0.1, 0.15) is 32.3 Å². The molecule has 6 rings (SSSR count). The fourth-order valence-corrected chi connectivity index (χ4v) is 7.43. The number of anilines is 1. The molecule has 220 valence electrons. The van der Waals surface area contributed by atoms with Gasteiger partial charge in [-0.2, -0.15) is 0 Å². The SMILES string of the molecule is CCCC(C)N1CC=C[C@]23O[C@@H]4C=CCN(c5ccccc5)C(=O)[C@@H]4[C@H]2C(=O)N([C@@H](CO)Cc2ccccc2)C3C1=O. The maximum Gasteiger partial charge on any atom is 0.249 e. The molecule has 2 fully saturated rings. The van der Waals surface area contributed by atoms with E-state index in [0.717, 1.165) is 24.1 Å². The van der Waals surface area contributed by atoms with Crippen molar-refractivity contribution in [1.82, 2.24) is 9.80 Å². The van der Waals surface area contributed by atoms with Gasteiger partial charge in [-0.25, -0.2) is 0 Å². The lowest BCUT2D eigenvalue weighted by Gasteiger charge is -2.40. The summed E-state index contributed by atoms with van der Waals surface area (Å²) in [6, 6.07) is 17.4. The number of fused-ring (bicyclic) bond motifs is 2. The number of ether oxygens (including phenoxy) is 1. The number of benzene rings is 2. The first-order chi connectivity index (χ1) is 20.4. The molecule has 2 unspecified atom stereocenters. The standard InChI is InChI=1S/C34H39N3O5/c1-3-12-23(2)35-20-11-18-34-29(28-27(42-34)17-10-19-36(31(28)39)25-15-8-5-9-16-25)32(40)37(30(34)33(35)41)26(22-38)21-24-13-6-4-7-14-24/h4-11,13-18,23,26-30,38H,3,12,19-22H2,1-2H3/t23?,26-,27-,28+,29+,30?,34+/m1/s1. The molecular weight excluding hydrogens is 530 g/mol. The number of carbonyl (C=O) groups is 3. The van der Waals surface area contributed by atoms with Crippen LogP contribution in [-0.2, 0) is 25.5 Å². The molecule has 0 bridgehead atoms. The number of aliphatic hydroxyl groups is 1. The minimum atomic E-state index is -1.33. The van der Waals surface area contributed by atoms with Crippen molar-refractivity contribution in [3.63, 3.8) is 0 Å². The van der Waals surface area contributed by atoms with Crippen molar-refractivity contribution in [3.05, 3.63) is 90.5 Å². The van der Waals surface area contributed by atoms with Gasteiger partial charge in [0.1, 0.15) is 11.6 Å². The minimum Gasteiger partial charge on any atom is -0.394 e. The Labute approximate surface area is 247 Å². The largest absolute Gasteiger partial charge is 0.394 e. The zero-order valence-electron chi connectivity index (χ0n) is 24.2. The number of amides is 3. The van der Waals surface area contributed by atoms with E-state index in [1.165, 1.54) is 0 Å². The summed E-state index contributed by atoms with van der Waals surface area (Å²) in [5, 5.41) is 10.7. The number of carbonyl (C=O) groups excluding carboxylic acids is 3. The normalized spacial score (nSPS) is 30.1. The molecule has 2 aromatic rings. The fraction of sp³-hybridized carbons (Fsp3) is 0.441. The highest BCUT2D eigenvalue weighted by Crippen LogP contribution is 2.54. The van der Waals surface area contributed by atoms with E-state index in [4.69, 9.17) is 4.74 Å². The number of nitrogens with zero attached hydrogens (tertiary/aromatic N) is 3. The summed E-state index contributed by atoms with van der Waals surface area (Å²) in [5.41, 5.74) is 0.372. The third-order valence-electron chi connectivity index (χ3n) is 9.35. The molecule has 2 saturated heterocycles. The number of hydrogen-bond acceptors (Lipinski definition) is 5. The van der Waals surface area contributed by atoms with Crippen LogP contribution < -0.4 is 4.90 Å². The highest BCUT2D eigenvalue weighted by Gasteiger charge is 2.72. The Hall–Kier alpha value is -3.75. The van der Waals surface area contributed by atoms with Crippen LogP contribution in [0.5, 0.6) is 0 Å². The van der Waals surface area contributed by atoms with Gasteiger partial charge in [-0.05, 0) is 37.5 Å². The van der Waals surface area contributed by atoms with Crippen molar-refractivity contribution in [2.75, 3.05) is 24.6 Å². The Morgan fingerprint density at radius 3 is 2.36 bits per heavy atom. The first-order valence-corrected chi connectivity index (χ1v) is 15.1.